The second kappa shape index (κ2) is 8.48. The highest BCUT2D eigenvalue weighted by Gasteiger charge is 2.32. The van der Waals surface area contributed by atoms with E-state index in [1.54, 1.807) is 0 Å². The van der Waals surface area contributed by atoms with Crippen molar-refractivity contribution in [3.05, 3.63) is 0 Å². The Labute approximate surface area is 149 Å². The summed E-state index contributed by atoms with van der Waals surface area (Å²) >= 11 is 0. The van der Waals surface area contributed by atoms with Crippen molar-refractivity contribution in [3.63, 3.8) is 0 Å². The summed E-state index contributed by atoms with van der Waals surface area (Å²) in [7, 11) is 0. The van der Waals surface area contributed by atoms with Gasteiger partial charge in [-0.2, -0.15) is 0 Å². The number of hydrogen-bond acceptors (Lipinski definition) is 4. The van der Waals surface area contributed by atoms with Crippen molar-refractivity contribution >= 4 is 12.4 Å². The van der Waals surface area contributed by atoms with Crippen molar-refractivity contribution in [1.82, 2.24) is 20.0 Å². The summed E-state index contributed by atoms with van der Waals surface area (Å²) in [6, 6.07) is 1.59. The molecule has 0 radical (unpaired) electrons. The maximum absolute atomic E-state index is 3.53. The predicted molar refractivity (Wildman–Crippen MR) is 101 cm³/mol. The van der Waals surface area contributed by atoms with Crippen molar-refractivity contribution in [2.24, 2.45) is 5.41 Å². The topological polar surface area (TPSA) is 21.8 Å². The molecule has 5 heteroatoms. The minimum absolute atomic E-state index is 0. The molecule has 23 heavy (non-hydrogen) atoms. The summed E-state index contributed by atoms with van der Waals surface area (Å²) in [5, 5.41) is 3.53. The van der Waals surface area contributed by atoms with E-state index in [9.17, 15) is 0 Å². The highest BCUT2D eigenvalue weighted by molar-refractivity contribution is 5.85. The molecule has 136 valence electrons. The van der Waals surface area contributed by atoms with Gasteiger partial charge in [-0.3, -0.25) is 9.80 Å². The maximum Gasteiger partial charge on any atom is 0.0115 e. The van der Waals surface area contributed by atoms with Crippen LogP contribution < -0.4 is 5.32 Å². The molecular formula is C18H37ClN4. The van der Waals surface area contributed by atoms with E-state index in [1.807, 2.05) is 0 Å². The summed E-state index contributed by atoms with van der Waals surface area (Å²) in [6.45, 7) is 18.5. The van der Waals surface area contributed by atoms with Gasteiger partial charge >= 0.3 is 0 Å². The van der Waals surface area contributed by atoms with Gasteiger partial charge in [-0.05, 0) is 45.1 Å². The Morgan fingerprint density at radius 2 is 1.57 bits per heavy atom. The zero-order valence-corrected chi connectivity index (χ0v) is 16.2. The third kappa shape index (κ3) is 5.05. The van der Waals surface area contributed by atoms with E-state index in [-0.39, 0.29) is 12.4 Å². The van der Waals surface area contributed by atoms with Gasteiger partial charge in [0.15, 0.2) is 0 Å². The fourth-order valence-electron chi connectivity index (χ4n) is 4.66. The van der Waals surface area contributed by atoms with Crippen LogP contribution in [0.15, 0.2) is 0 Å². The van der Waals surface area contributed by atoms with Gasteiger partial charge in [-0.15, -0.1) is 12.4 Å². The van der Waals surface area contributed by atoms with Gasteiger partial charge in [-0.25, -0.2) is 0 Å². The number of piperazine rings is 1. The molecule has 3 aliphatic heterocycles. The van der Waals surface area contributed by atoms with E-state index < -0.39 is 0 Å². The summed E-state index contributed by atoms with van der Waals surface area (Å²) in [4.78, 5) is 8.10. The number of nitrogens with one attached hydrogen (secondary N) is 1. The van der Waals surface area contributed by atoms with Crippen LogP contribution in [0.1, 0.15) is 40.0 Å². The average Bonchev–Trinajstić information content (AvgIpc) is 3.06. The second-order valence-electron chi connectivity index (χ2n) is 8.37. The van der Waals surface area contributed by atoms with Crippen LogP contribution in [0.4, 0.5) is 0 Å². The average molecular weight is 345 g/mol. The normalized spacial score (nSPS) is 37.2. The first-order valence-corrected chi connectivity index (χ1v) is 9.47. The van der Waals surface area contributed by atoms with Crippen LogP contribution >= 0.6 is 12.4 Å². The van der Waals surface area contributed by atoms with Gasteiger partial charge in [0.25, 0.3) is 0 Å². The zero-order chi connectivity index (χ0) is 15.6. The van der Waals surface area contributed by atoms with Gasteiger partial charge in [0, 0.05) is 64.4 Å². The second-order valence-corrected chi connectivity index (χ2v) is 8.37. The first-order chi connectivity index (χ1) is 10.6. The SMILES string of the molecule is CC1CCC(C)N1CCN1CCN(CC2(C)CCNC2)CC1.Cl. The maximum atomic E-state index is 3.53. The van der Waals surface area contributed by atoms with Crippen LogP contribution in [0, 0.1) is 5.41 Å². The van der Waals surface area contributed by atoms with E-state index in [0.717, 1.165) is 12.1 Å². The Kier molecular flexibility index (Phi) is 7.17. The third-order valence-corrected chi connectivity index (χ3v) is 6.34. The van der Waals surface area contributed by atoms with E-state index in [1.165, 1.54) is 78.2 Å². The molecule has 0 aromatic rings. The molecule has 0 amide bonds. The molecular weight excluding hydrogens is 308 g/mol. The molecule has 0 spiro atoms. The van der Waals surface area contributed by atoms with Crippen molar-refractivity contribution in [3.8, 4) is 0 Å². The number of rotatable bonds is 5. The van der Waals surface area contributed by atoms with Crippen molar-refractivity contribution in [2.45, 2.75) is 52.1 Å². The lowest BCUT2D eigenvalue weighted by Crippen LogP contribution is -2.51. The standard InChI is InChI=1S/C18H36N4.ClH/c1-16-4-5-17(2)22(16)13-12-20-8-10-21(11-9-20)15-18(3)6-7-19-14-18;/h16-17,19H,4-15H2,1-3H3;1H. The molecule has 3 fully saturated rings. The van der Waals surface area contributed by atoms with Gasteiger partial charge in [0.1, 0.15) is 0 Å². The lowest BCUT2D eigenvalue weighted by molar-refractivity contribution is 0.0849. The Bertz CT molecular complexity index is 341. The van der Waals surface area contributed by atoms with E-state index in [0.29, 0.717) is 5.41 Å². The Balaban J connectivity index is 0.00000192. The molecule has 3 atom stereocenters. The highest BCUT2D eigenvalue weighted by atomic mass is 35.5. The number of halogens is 1. The summed E-state index contributed by atoms with van der Waals surface area (Å²) in [6.07, 6.45) is 4.13. The molecule has 0 aliphatic carbocycles. The van der Waals surface area contributed by atoms with Gasteiger partial charge in [-0.1, -0.05) is 6.92 Å². The van der Waals surface area contributed by atoms with E-state index >= 15 is 0 Å². The van der Waals surface area contributed by atoms with Crippen LogP contribution in [0.25, 0.3) is 0 Å². The number of nitrogens with zero attached hydrogens (tertiary/aromatic N) is 3. The van der Waals surface area contributed by atoms with Crippen LogP contribution in [-0.2, 0) is 0 Å². The zero-order valence-electron chi connectivity index (χ0n) is 15.4. The fraction of sp³-hybridized carbons (Fsp3) is 1.00. The molecule has 3 aliphatic rings. The molecule has 3 unspecified atom stereocenters. The smallest absolute Gasteiger partial charge is 0.0115 e. The largest absolute Gasteiger partial charge is 0.316 e. The van der Waals surface area contributed by atoms with Gasteiger partial charge < -0.3 is 10.2 Å². The van der Waals surface area contributed by atoms with E-state index in [2.05, 4.69) is 40.8 Å². The molecule has 3 rings (SSSR count). The monoisotopic (exact) mass is 344 g/mol. The molecule has 4 nitrogen and oxygen atoms in total. The summed E-state index contributed by atoms with van der Waals surface area (Å²) in [5.74, 6) is 0. The molecule has 3 heterocycles. The Morgan fingerprint density at radius 3 is 2.13 bits per heavy atom. The first kappa shape index (κ1) is 19.5. The third-order valence-electron chi connectivity index (χ3n) is 6.34. The molecule has 0 bridgehead atoms. The van der Waals surface area contributed by atoms with Gasteiger partial charge in [0.2, 0.25) is 0 Å². The van der Waals surface area contributed by atoms with Crippen molar-refractivity contribution in [2.75, 3.05) is 58.9 Å². The summed E-state index contributed by atoms with van der Waals surface area (Å²) in [5.41, 5.74) is 0.516. The minimum Gasteiger partial charge on any atom is -0.316 e. The Hall–Kier alpha value is 0.130. The minimum atomic E-state index is 0. The highest BCUT2D eigenvalue weighted by Crippen LogP contribution is 2.26. The Morgan fingerprint density at radius 1 is 0.957 bits per heavy atom. The number of likely N-dealkylation sites (tertiary alicyclic amines) is 1. The van der Waals surface area contributed by atoms with Crippen LogP contribution in [0.3, 0.4) is 0 Å². The predicted octanol–water partition coefficient (Wildman–Crippen LogP) is 1.90. The fourth-order valence-corrected chi connectivity index (χ4v) is 4.66. The van der Waals surface area contributed by atoms with E-state index in [4.69, 9.17) is 0 Å². The quantitative estimate of drug-likeness (QED) is 0.822. The van der Waals surface area contributed by atoms with Crippen LogP contribution in [0.5, 0.6) is 0 Å². The number of hydrogen-bond donors (Lipinski definition) is 1. The van der Waals surface area contributed by atoms with Crippen LogP contribution in [0.2, 0.25) is 0 Å². The van der Waals surface area contributed by atoms with Gasteiger partial charge in [0.05, 0.1) is 0 Å². The summed E-state index contributed by atoms with van der Waals surface area (Å²) < 4.78 is 0. The lowest BCUT2D eigenvalue weighted by atomic mass is 9.89. The van der Waals surface area contributed by atoms with Crippen LogP contribution in [-0.4, -0.2) is 85.7 Å². The molecule has 0 saturated carbocycles. The molecule has 1 N–H and O–H groups in total. The molecule has 3 saturated heterocycles. The molecule has 0 aromatic carbocycles. The molecule has 0 aromatic heterocycles. The first-order valence-electron chi connectivity index (χ1n) is 9.47. The van der Waals surface area contributed by atoms with Crippen molar-refractivity contribution in [1.29, 1.82) is 0 Å². The lowest BCUT2D eigenvalue weighted by Gasteiger charge is -2.39. The van der Waals surface area contributed by atoms with Crippen molar-refractivity contribution < 1.29 is 0 Å².